The Labute approximate surface area is 141 Å². The van der Waals surface area contributed by atoms with Crippen LogP contribution in [-0.2, 0) is 0 Å². The maximum atomic E-state index is 10.4. The number of aromatic hydroxyl groups is 2. The van der Waals surface area contributed by atoms with Crippen LogP contribution < -0.4 is 9.00 Å². The van der Waals surface area contributed by atoms with Crippen LogP contribution in [0.1, 0.15) is 0 Å². The summed E-state index contributed by atoms with van der Waals surface area (Å²) in [4.78, 5) is 0. The molecule has 3 rings (SSSR count). The molecule has 6 heteroatoms. The molecule has 22 heavy (non-hydrogen) atoms. The molecule has 0 unspecified atom stereocenters. The van der Waals surface area contributed by atoms with Gasteiger partial charge in [-0.25, -0.2) is 0 Å². The van der Waals surface area contributed by atoms with Gasteiger partial charge >= 0.3 is 0 Å². The van der Waals surface area contributed by atoms with Crippen molar-refractivity contribution >= 4 is 68.0 Å². The first kappa shape index (κ1) is 16.0. The van der Waals surface area contributed by atoms with Gasteiger partial charge in [0.25, 0.3) is 0 Å². The smallest absolute Gasteiger partial charge is 0.167 e. The second-order valence-electron chi connectivity index (χ2n) is 7.90. The number of phenols is 2. The van der Waals surface area contributed by atoms with Crippen LogP contribution in [0.25, 0.3) is 20.2 Å². The van der Waals surface area contributed by atoms with E-state index in [2.05, 4.69) is 51.4 Å². The zero-order valence-corrected chi connectivity index (χ0v) is 17.5. The highest BCUT2D eigenvalue weighted by molar-refractivity contribution is 7.37. The standard InChI is InChI=1S/C16H22O2S2Si2/c1-21(2,3)11-7-9-13(17)14(18)10-8-12(22(4,5)6)20-16(10)15(9)19-11/h7-8,17-18H,1-6H3. The second kappa shape index (κ2) is 4.83. The van der Waals surface area contributed by atoms with E-state index >= 15 is 0 Å². The molecular formula is C16H22O2S2Si2. The Bertz CT molecular complexity index is 806. The molecule has 0 aliphatic rings. The highest BCUT2D eigenvalue weighted by Crippen LogP contribution is 2.46. The molecule has 2 heterocycles. The summed E-state index contributed by atoms with van der Waals surface area (Å²) in [6.45, 7) is 13.9. The predicted octanol–water partition coefficient (Wildman–Crippen LogP) is 4.62. The molecule has 0 fully saturated rings. The van der Waals surface area contributed by atoms with Crippen molar-refractivity contribution in [3.8, 4) is 11.5 Å². The van der Waals surface area contributed by atoms with Crippen LogP contribution in [0.3, 0.4) is 0 Å². The molecule has 2 nitrogen and oxygen atoms in total. The second-order valence-corrected chi connectivity index (χ2v) is 20.8. The van der Waals surface area contributed by atoms with E-state index in [1.807, 2.05) is 0 Å². The van der Waals surface area contributed by atoms with Gasteiger partial charge in [0.1, 0.15) is 0 Å². The van der Waals surface area contributed by atoms with Crippen molar-refractivity contribution in [3.05, 3.63) is 12.1 Å². The van der Waals surface area contributed by atoms with Crippen LogP contribution >= 0.6 is 22.7 Å². The minimum Gasteiger partial charge on any atom is -0.504 e. The summed E-state index contributed by atoms with van der Waals surface area (Å²) in [6.07, 6.45) is 0. The van der Waals surface area contributed by atoms with Gasteiger partial charge in [-0.3, -0.25) is 0 Å². The number of hydrogen-bond acceptors (Lipinski definition) is 4. The van der Waals surface area contributed by atoms with Gasteiger partial charge in [0, 0.05) is 10.8 Å². The van der Waals surface area contributed by atoms with Crippen molar-refractivity contribution in [2.75, 3.05) is 0 Å². The lowest BCUT2D eigenvalue weighted by molar-refractivity contribution is 0.413. The zero-order chi connectivity index (χ0) is 16.4. The van der Waals surface area contributed by atoms with E-state index in [1.54, 1.807) is 22.7 Å². The van der Waals surface area contributed by atoms with Crippen molar-refractivity contribution in [1.82, 2.24) is 0 Å². The maximum Gasteiger partial charge on any atom is 0.167 e. The van der Waals surface area contributed by atoms with Gasteiger partial charge in [0.2, 0.25) is 0 Å². The van der Waals surface area contributed by atoms with Gasteiger partial charge in [-0.15, -0.1) is 22.7 Å². The molecule has 0 aliphatic carbocycles. The summed E-state index contributed by atoms with van der Waals surface area (Å²) < 4.78 is 5.01. The Balaban J connectivity index is 2.43. The van der Waals surface area contributed by atoms with Gasteiger partial charge in [0.15, 0.2) is 11.5 Å². The fourth-order valence-electron chi connectivity index (χ4n) is 2.47. The van der Waals surface area contributed by atoms with E-state index in [-0.39, 0.29) is 11.5 Å². The van der Waals surface area contributed by atoms with Gasteiger partial charge in [0.05, 0.1) is 25.5 Å². The average Bonchev–Trinajstić information content (AvgIpc) is 2.98. The SMILES string of the molecule is C[Si](C)(C)c1cc2c(O)c(O)c3cc([Si](C)(C)C)sc3c2s1. The van der Waals surface area contributed by atoms with Crippen molar-refractivity contribution < 1.29 is 10.2 Å². The molecule has 0 saturated carbocycles. The Kier molecular flexibility index (Phi) is 3.53. The molecule has 0 saturated heterocycles. The summed E-state index contributed by atoms with van der Waals surface area (Å²) >= 11 is 3.59. The third kappa shape index (κ3) is 2.42. The molecule has 2 N–H and O–H groups in total. The molecule has 0 spiro atoms. The molecule has 3 aromatic rings. The number of rotatable bonds is 2. The predicted molar refractivity (Wildman–Crippen MR) is 106 cm³/mol. The molecule has 2 aromatic heterocycles. The highest BCUT2D eigenvalue weighted by atomic mass is 32.1. The van der Waals surface area contributed by atoms with E-state index < -0.39 is 16.1 Å². The average molecular weight is 367 g/mol. The number of benzene rings is 1. The first-order valence-corrected chi connectivity index (χ1v) is 16.1. The maximum absolute atomic E-state index is 10.4. The zero-order valence-electron chi connectivity index (χ0n) is 13.9. The third-order valence-electron chi connectivity index (χ3n) is 3.88. The van der Waals surface area contributed by atoms with Gasteiger partial charge < -0.3 is 10.2 Å². The van der Waals surface area contributed by atoms with E-state index in [0.717, 1.165) is 20.2 Å². The van der Waals surface area contributed by atoms with E-state index in [1.165, 1.54) is 9.00 Å². The van der Waals surface area contributed by atoms with E-state index in [4.69, 9.17) is 0 Å². The molecule has 0 amide bonds. The Morgan fingerprint density at radius 3 is 1.27 bits per heavy atom. The number of phenolic OH excluding ortho intramolecular Hbond substituents is 2. The first-order chi connectivity index (χ1) is 10.00. The fraction of sp³-hybridized carbons (Fsp3) is 0.375. The van der Waals surface area contributed by atoms with Crippen molar-refractivity contribution in [2.24, 2.45) is 0 Å². The van der Waals surface area contributed by atoms with Crippen molar-refractivity contribution in [2.45, 2.75) is 39.3 Å². The minimum atomic E-state index is -1.43. The molecule has 0 radical (unpaired) electrons. The number of fused-ring (bicyclic) bond motifs is 3. The first-order valence-electron chi connectivity index (χ1n) is 7.42. The molecule has 0 bridgehead atoms. The van der Waals surface area contributed by atoms with Gasteiger partial charge in [-0.2, -0.15) is 0 Å². The number of thiophene rings is 2. The highest BCUT2D eigenvalue weighted by Gasteiger charge is 2.26. The minimum absolute atomic E-state index is 0.0446. The van der Waals surface area contributed by atoms with E-state index in [9.17, 15) is 10.2 Å². The van der Waals surface area contributed by atoms with Crippen molar-refractivity contribution in [3.63, 3.8) is 0 Å². The van der Waals surface area contributed by atoms with Crippen LogP contribution in [0, 0.1) is 0 Å². The summed E-state index contributed by atoms with van der Waals surface area (Å²) in [5, 5.41) is 22.5. The van der Waals surface area contributed by atoms with Gasteiger partial charge in [-0.05, 0) is 21.1 Å². The number of hydrogen-bond donors (Lipinski definition) is 2. The molecule has 118 valence electrons. The fourth-order valence-corrected chi connectivity index (χ4v) is 8.66. The molecule has 1 aromatic carbocycles. The lowest BCUT2D eigenvalue weighted by atomic mass is 10.2. The topological polar surface area (TPSA) is 40.5 Å². The Morgan fingerprint density at radius 2 is 1.00 bits per heavy atom. The largest absolute Gasteiger partial charge is 0.504 e. The van der Waals surface area contributed by atoms with E-state index in [0.29, 0.717) is 0 Å². The van der Waals surface area contributed by atoms with Gasteiger partial charge in [-0.1, -0.05) is 39.3 Å². The monoisotopic (exact) mass is 366 g/mol. The summed E-state index contributed by atoms with van der Waals surface area (Å²) in [5.41, 5.74) is 0. The quantitative estimate of drug-likeness (QED) is 0.513. The van der Waals surface area contributed by atoms with Crippen LogP contribution in [0.4, 0.5) is 0 Å². The summed E-state index contributed by atoms with van der Waals surface area (Å²) in [5.74, 6) is 0.0892. The lowest BCUT2D eigenvalue weighted by Gasteiger charge is -2.12. The van der Waals surface area contributed by atoms with Crippen LogP contribution in [0.15, 0.2) is 12.1 Å². The van der Waals surface area contributed by atoms with Crippen LogP contribution in [0.5, 0.6) is 11.5 Å². The normalized spacial score (nSPS) is 13.4. The molecule has 0 atom stereocenters. The lowest BCUT2D eigenvalue weighted by Crippen LogP contribution is -2.34. The van der Waals surface area contributed by atoms with Crippen LogP contribution in [-0.4, -0.2) is 26.4 Å². The Hall–Kier alpha value is -0.826. The summed E-state index contributed by atoms with van der Waals surface area (Å²) in [7, 11) is -2.87. The third-order valence-corrected chi connectivity index (χ3v) is 13.5. The molecule has 0 aliphatic heterocycles. The van der Waals surface area contributed by atoms with Crippen LogP contribution in [0.2, 0.25) is 39.3 Å². The summed E-state index contributed by atoms with van der Waals surface area (Å²) in [6, 6.07) is 4.18. The van der Waals surface area contributed by atoms with Crippen molar-refractivity contribution in [1.29, 1.82) is 0 Å². The Morgan fingerprint density at radius 1 is 0.682 bits per heavy atom. The molecular weight excluding hydrogens is 344 g/mol.